The molecule has 0 bridgehead atoms. The first-order valence-corrected chi connectivity index (χ1v) is 0. The Balaban J connectivity index is 0. The molecule has 0 rings (SSSR count). The van der Waals surface area contributed by atoms with Crippen LogP contribution in [0.5, 0.6) is 0 Å². The Morgan fingerprint density at radius 3 is 1.00 bits per heavy atom. The van der Waals surface area contributed by atoms with E-state index >= 15 is 0 Å². The van der Waals surface area contributed by atoms with Crippen molar-refractivity contribution in [1.82, 2.24) is 0 Å². The number of hydrogen-bond donors (Lipinski definition) is 0. The molecular formula is H3CeErPSbYb. The van der Waals surface area contributed by atoms with Crippen LogP contribution in [-0.4, -0.2) is 24.4 Å². The van der Waals surface area contributed by atoms with Gasteiger partial charge in [-0.3, -0.25) is 0 Å². The Morgan fingerprint density at radius 1 is 1.00 bits per heavy atom. The van der Waals surface area contributed by atoms with Crippen LogP contribution in [0.2, 0.25) is 0 Å². The van der Waals surface area contributed by atoms with E-state index in [1.54, 1.807) is 0 Å². The summed E-state index contributed by atoms with van der Waals surface area (Å²) in [4.78, 5) is 0. The Morgan fingerprint density at radius 2 is 1.00 bits per heavy atom. The second kappa shape index (κ2) is 22.8. The second-order valence-electron chi connectivity index (χ2n) is 0. The van der Waals surface area contributed by atoms with Crippen LogP contribution in [0.4, 0.5) is 0 Å². The van der Waals surface area contributed by atoms with E-state index in [1.165, 1.54) is 0 Å². The van der Waals surface area contributed by atoms with Crippen molar-refractivity contribution in [3.8, 4) is 0 Å². The molecule has 0 fully saturated rings. The van der Waals surface area contributed by atoms with Crippen LogP contribution in [0.3, 0.4) is 0 Å². The van der Waals surface area contributed by atoms with Crippen molar-refractivity contribution in [2.75, 3.05) is 0 Å². The SMILES string of the molecule is P.[Ce].[Er].[Sb].[Yb]. The van der Waals surface area contributed by atoms with E-state index in [0.29, 0.717) is 0 Å². The summed E-state index contributed by atoms with van der Waals surface area (Å²) in [5.41, 5.74) is 0. The molecule has 0 aromatic heterocycles. The molecule has 0 spiro atoms. The molecule has 1 unspecified atom stereocenters. The molecule has 1 atom stereocenters. The molecule has 0 nitrogen and oxygen atoms in total. The van der Waals surface area contributed by atoms with Crippen molar-refractivity contribution >= 4 is 34.3 Å². The van der Waals surface area contributed by atoms with Crippen LogP contribution in [0.1, 0.15) is 0 Å². The Labute approximate surface area is 155 Å². The van der Waals surface area contributed by atoms with E-state index in [4.69, 9.17) is 0 Å². The maximum absolute atomic E-state index is 0. The Bertz CT molecular complexity index is 11.6. The van der Waals surface area contributed by atoms with Crippen LogP contribution in [0.25, 0.3) is 0 Å². The van der Waals surface area contributed by atoms with E-state index in [1.807, 2.05) is 0 Å². The molecule has 0 heterocycles. The molecule has 0 amide bonds. The van der Waals surface area contributed by atoms with Gasteiger partial charge in [-0.2, -0.15) is 9.90 Å². The summed E-state index contributed by atoms with van der Waals surface area (Å²) in [6.07, 6.45) is 0. The molecule has 0 aliphatic heterocycles. The fraction of sp³-hybridized carbons (Fsp3) is 0. The zero-order valence-electron chi connectivity index (χ0n) is 2.21. The molecule has 3 radical (unpaired) electrons. The van der Waals surface area contributed by atoms with Gasteiger partial charge < -0.3 is 0 Å². The Kier molecular flexibility index (Phi) is 143. The first-order chi connectivity index (χ1) is 0. The summed E-state index contributed by atoms with van der Waals surface area (Å²) in [5, 5.41) is 0. The molecule has 0 saturated carbocycles. The molecule has 43 valence electrons. The van der Waals surface area contributed by atoms with E-state index in [0.717, 1.165) is 0 Å². The van der Waals surface area contributed by atoms with Crippen LogP contribution >= 0.6 is 9.90 Å². The molecule has 0 aliphatic rings. The fourth-order valence-electron chi connectivity index (χ4n) is 0. The van der Waals surface area contributed by atoms with Gasteiger partial charge in [-0.25, -0.2) is 0 Å². The van der Waals surface area contributed by atoms with Crippen molar-refractivity contribution in [3.63, 3.8) is 0 Å². The van der Waals surface area contributed by atoms with Gasteiger partial charge in [-0.05, 0) is 0 Å². The molecule has 5 heteroatoms. The summed E-state index contributed by atoms with van der Waals surface area (Å²) in [6.45, 7) is 0. The molecule has 0 aliphatic carbocycles. The minimum absolute atomic E-state index is 0. The van der Waals surface area contributed by atoms with E-state index in [9.17, 15) is 0 Å². The van der Waals surface area contributed by atoms with Crippen molar-refractivity contribution < 1.29 is 126 Å². The average molecular weight is 636 g/mol. The van der Waals surface area contributed by atoms with Gasteiger partial charge in [0, 0.05) is 150 Å². The van der Waals surface area contributed by atoms with Gasteiger partial charge >= 0.3 is 0 Å². The average Bonchev–Trinajstić information content (AvgIpc) is 0. The largest absolute Gasteiger partial charge is 0.153 e. The van der Waals surface area contributed by atoms with Crippen molar-refractivity contribution in [3.05, 3.63) is 0 Å². The van der Waals surface area contributed by atoms with Gasteiger partial charge in [-0.15, -0.1) is 0 Å². The van der Waals surface area contributed by atoms with Crippen LogP contribution < -0.4 is 0 Å². The third-order valence-corrected chi connectivity index (χ3v) is 0. The zero-order chi connectivity index (χ0) is 0. The van der Waals surface area contributed by atoms with Gasteiger partial charge in [0.25, 0.3) is 0 Å². The van der Waals surface area contributed by atoms with E-state index < -0.39 is 0 Å². The van der Waals surface area contributed by atoms with Gasteiger partial charge in [-0.1, -0.05) is 0 Å². The monoisotopic (exact) mass is 635 g/mol. The summed E-state index contributed by atoms with van der Waals surface area (Å²) in [5.74, 6) is 0. The molecule has 0 aromatic rings. The molecule has 0 aromatic carbocycles. The minimum Gasteiger partial charge on any atom is -0.153 e. The molecule has 5 heavy (non-hydrogen) atoms. The van der Waals surface area contributed by atoms with Crippen LogP contribution in [0.15, 0.2) is 0 Å². The first kappa shape index (κ1) is 31.5. The second-order valence-corrected chi connectivity index (χ2v) is 0. The van der Waals surface area contributed by atoms with Crippen LogP contribution in [-0.2, 0) is 0 Å². The van der Waals surface area contributed by atoms with E-state index in [-0.39, 0.29) is 160 Å². The predicted molar refractivity (Wildman–Crippen MR) is 16.9 cm³/mol. The fourth-order valence-corrected chi connectivity index (χ4v) is 0. The third kappa shape index (κ3) is 17.7. The first-order valence-electron chi connectivity index (χ1n) is 0. The Hall–Kier alpha value is 5.39. The van der Waals surface area contributed by atoms with Crippen molar-refractivity contribution in [2.45, 2.75) is 0 Å². The normalized spacial score (nSPS) is 0. The molecule has 0 saturated heterocycles. The van der Waals surface area contributed by atoms with Gasteiger partial charge in [0.05, 0.1) is 0 Å². The summed E-state index contributed by atoms with van der Waals surface area (Å²) >= 11 is 0. The van der Waals surface area contributed by atoms with Gasteiger partial charge in [0.2, 0.25) is 0 Å². The summed E-state index contributed by atoms with van der Waals surface area (Å²) in [7, 11) is 0. The van der Waals surface area contributed by atoms with Gasteiger partial charge in [0.15, 0.2) is 0 Å². The standard InChI is InChI=1S/Ce.Er.H3P.Sb.Yb/h;;1H3;;. The van der Waals surface area contributed by atoms with Gasteiger partial charge in [0.1, 0.15) is 0 Å². The minimum atomic E-state index is 0. The number of hydrogen-bond acceptors (Lipinski definition) is 0. The van der Waals surface area contributed by atoms with Crippen LogP contribution in [0, 0.1) is 126 Å². The number of rotatable bonds is 0. The summed E-state index contributed by atoms with van der Waals surface area (Å²) < 4.78 is 0. The third-order valence-electron chi connectivity index (χ3n) is 0. The zero-order valence-corrected chi connectivity index (χ0v) is 12.9. The summed E-state index contributed by atoms with van der Waals surface area (Å²) in [6, 6.07) is 0. The smallest absolute Gasteiger partial charge is 0 e. The van der Waals surface area contributed by atoms with Crippen molar-refractivity contribution in [2.24, 2.45) is 0 Å². The maximum Gasteiger partial charge on any atom is 0 e. The molecular weight excluding hydrogens is 633 g/mol. The predicted octanol–water partition coefficient (Wildman–Crippen LogP) is -0.323. The maximum atomic E-state index is 0. The van der Waals surface area contributed by atoms with E-state index in [2.05, 4.69) is 0 Å². The van der Waals surface area contributed by atoms with Crippen molar-refractivity contribution in [1.29, 1.82) is 0 Å². The molecule has 0 N–H and O–H groups in total. The topological polar surface area (TPSA) is 0 Å². The quantitative estimate of drug-likeness (QED) is 0.253.